The van der Waals surface area contributed by atoms with Gasteiger partial charge in [0.05, 0.1) is 20.7 Å². The monoisotopic (exact) mass is 399 g/mol. The summed E-state index contributed by atoms with van der Waals surface area (Å²) in [5, 5.41) is 1.02. The largest absolute Gasteiger partial charge is 0.486 e. The molecule has 0 unspecified atom stereocenters. The Kier molecular flexibility index (Phi) is 6.23. The van der Waals surface area contributed by atoms with Crippen molar-refractivity contribution in [2.24, 2.45) is 0 Å². The number of rotatable bonds is 6. The summed E-state index contributed by atoms with van der Waals surface area (Å²) in [7, 11) is 0.805. The maximum Gasteiger partial charge on any atom is 0.161 e. The molecule has 0 amide bonds. The Balaban J connectivity index is 1.56. The number of fused-ring (bicyclic) bond motifs is 1. The maximum atomic E-state index is 12.5. The van der Waals surface area contributed by atoms with E-state index in [1.807, 2.05) is 25.2 Å². The summed E-state index contributed by atoms with van der Waals surface area (Å²) in [5.41, 5.74) is 1.12. The average molecular weight is 400 g/mol. The second-order valence-corrected chi connectivity index (χ2v) is 8.22. The number of benzene rings is 2. The van der Waals surface area contributed by atoms with Crippen molar-refractivity contribution in [3.63, 3.8) is 0 Å². The van der Waals surface area contributed by atoms with Crippen LogP contribution in [-0.2, 0) is 17.3 Å². The molecule has 4 nitrogen and oxygen atoms in total. The molecule has 0 radical (unpaired) electrons. The molecule has 2 aromatic carbocycles. The molecular weight excluding hydrogens is 381 g/mol. The van der Waals surface area contributed by atoms with Gasteiger partial charge in [-0.3, -0.25) is 4.21 Å². The van der Waals surface area contributed by atoms with E-state index >= 15 is 0 Å². The number of hydrogen-bond acceptors (Lipinski definition) is 4. The van der Waals surface area contributed by atoms with Crippen LogP contribution < -0.4 is 9.47 Å². The Morgan fingerprint density at radius 3 is 2.64 bits per heavy atom. The van der Waals surface area contributed by atoms with Crippen molar-refractivity contribution in [2.45, 2.75) is 11.4 Å². The zero-order valence-corrected chi connectivity index (χ0v) is 16.2. The van der Waals surface area contributed by atoms with Crippen LogP contribution in [0.25, 0.3) is 0 Å². The van der Waals surface area contributed by atoms with Crippen LogP contribution in [0.4, 0.5) is 0 Å². The normalized spacial score (nSPS) is 14.6. The first kappa shape index (κ1) is 18.5. The van der Waals surface area contributed by atoms with Crippen molar-refractivity contribution in [2.75, 3.05) is 32.6 Å². The van der Waals surface area contributed by atoms with Gasteiger partial charge in [-0.2, -0.15) is 0 Å². The molecule has 0 N–H and O–H groups in total. The van der Waals surface area contributed by atoms with Crippen LogP contribution in [0.15, 0.2) is 41.3 Å². The maximum absolute atomic E-state index is 12.5. The van der Waals surface area contributed by atoms with Gasteiger partial charge < -0.3 is 14.4 Å². The van der Waals surface area contributed by atoms with E-state index in [2.05, 4.69) is 4.90 Å². The van der Waals surface area contributed by atoms with Gasteiger partial charge in [-0.1, -0.05) is 29.3 Å². The first-order chi connectivity index (χ1) is 12.0. The first-order valence-electron chi connectivity index (χ1n) is 7.93. The molecule has 0 fully saturated rings. The third kappa shape index (κ3) is 4.88. The fourth-order valence-corrected chi connectivity index (χ4v) is 4.43. The Morgan fingerprint density at radius 2 is 1.84 bits per heavy atom. The van der Waals surface area contributed by atoms with Crippen molar-refractivity contribution in [1.82, 2.24) is 4.90 Å². The molecule has 25 heavy (non-hydrogen) atoms. The minimum atomic E-state index is -1.19. The second-order valence-electron chi connectivity index (χ2n) is 5.84. The molecular formula is C18H19Cl2NO3S. The quantitative estimate of drug-likeness (QED) is 0.735. The molecule has 2 aromatic rings. The predicted molar refractivity (Wildman–Crippen MR) is 102 cm³/mol. The highest BCUT2D eigenvalue weighted by Gasteiger charge is 2.14. The third-order valence-electron chi connectivity index (χ3n) is 3.86. The number of hydrogen-bond donors (Lipinski definition) is 0. The number of ether oxygens (including phenoxy) is 2. The predicted octanol–water partition coefficient (Wildman–Crippen LogP) is 4.00. The summed E-state index contributed by atoms with van der Waals surface area (Å²) in [6, 6.07) is 11.0. The molecule has 1 heterocycles. The van der Waals surface area contributed by atoms with E-state index in [4.69, 9.17) is 32.7 Å². The van der Waals surface area contributed by atoms with Crippen molar-refractivity contribution in [3.05, 3.63) is 52.0 Å². The highest BCUT2D eigenvalue weighted by molar-refractivity contribution is 7.85. The average Bonchev–Trinajstić information content (AvgIpc) is 2.61. The summed E-state index contributed by atoms with van der Waals surface area (Å²) in [5.74, 6) is 2.06. The standard InChI is InChI=1S/C18H19Cl2NO3S/c1-21(6-9-25(22)18-11-14(19)3-4-15(18)20)12-13-2-5-16-17(10-13)24-8-7-23-16/h2-5,10-11H,6-9,12H2,1H3/t25-/m1/s1. The van der Waals surface area contributed by atoms with Crippen LogP contribution in [0.3, 0.4) is 0 Å². The lowest BCUT2D eigenvalue weighted by Crippen LogP contribution is -2.23. The topological polar surface area (TPSA) is 38.8 Å². The minimum Gasteiger partial charge on any atom is -0.486 e. The Hall–Kier alpha value is -1.27. The number of halogens is 2. The van der Waals surface area contributed by atoms with Gasteiger partial charge >= 0.3 is 0 Å². The smallest absolute Gasteiger partial charge is 0.161 e. The van der Waals surface area contributed by atoms with Crippen LogP contribution >= 0.6 is 23.2 Å². The molecule has 134 valence electrons. The molecule has 0 saturated carbocycles. The molecule has 0 bridgehead atoms. The summed E-state index contributed by atoms with van der Waals surface area (Å²) in [6.07, 6.45) is 0. The molecule has 7 heteroatoms. The summed E-state index contributed by atoms with van der Waals surface area (Å²) < 4.78 is 23.6. The van der Waals surface area contributed by atoms with Gasteiger partial charge in [0, 0.05) is 23.9 Å². The highest BCUT2D eigenvalue weighted by atomic mass is 35.5. The molecule has 1 aliphatic rings. The molecule has 0 aromatic heterocycles. The van der Waals surface area contributed by atoms with Crippen molar-refractivity contribution in [3.8, 4) is 11.5 Å². The third-order valence-corrected chi connectivity index (χ3v) is 5.91. The lowest BCUT2D eigenvalue weighted by atomic mass is 10.2. The van der Waals surface area contributed by atoms with Gasteiger partial charge in [0.1, 0.15) is 13.2 Å². The van der Waals surface area contributed by atoms with E-state index < -0.39 is 10.8 Å². The van der Waals surface area contributed by atoms with Gasteiger partial charge in [-0.25, -0.2) is 0 Å². The molecule has 0 saturated heterocycles. The Labute approximate surface area is 160 Å². The van der Waals surface area contributed by atoms with E-state index in [9.17, 15) is 4.21 Å². The van der Waals surface area contributed by atoms with Crippen LogP contribution in [0.2, 0.25) is 10.0 Å². The van der Waals surface area contributed by atoms with Gasteiger partial charge in [0.25, 0.3) is 0 Å². The van der Waals surface area contributed by atoms with Crippen molar-refractivity contribution < 1.29 is 13.7 Å². The van der Waals surface area contributed by atoms with Crippen LogP contribution in [0.1, 0.15) is 5.56 Å². The van der Waals surface area contributed by atoms with Crippen LogP contribution in [0.5, 0.6) is 11.5 Å². The lowest BCUT2D eigenvalue weighted by molar-refractivity contribution is 0.171. The highest BCUT2D eigenvalue weighted by Crippen LogP contribution is 2.31. The Morgan fingerprint density at radius 1 is 1.08 bits per heavy atom. The second kappa shape index (κ2) is 8.41. The van der Waals surface area contributed by atoms with E-state index in [1.54, 1.807) is 18.2 Å². The minimum absolute atomic E-state index is 0.484. The van der Waals surface area contributed by atoms with Crippen molar-refractivity contribution in [1.29, 1.82) is 0 Å². The molecule has 1 atom stereocenters. The fourth-order valence-electron chi connectivity index (χ4n) is 2.58. The SMILES string of the molecule is CN(CC[S@@](=O)c1cc(Cl)ccc1Cl)Cc1ccc2c(c1)OCCO2. The van der Waals surface area contributed by atoms with Gasteiger partial charge in [0.2, 0.25) is 0 Å². The summed E-state index contributed by atoms with van der Waals surface area (Å²) in [6.45, 7) is 2.57. The lowest BCUT2D eigenvalue weighted by Gasteiger charge is -2.21. The van der Waals surface area contributed by atoms with Crippen molar-refractivity contribution >= 4 is 34.0 Å². The zero-order chi connectivity index (χ0) is 17.8. The Bertz CT molecular complexity index is 785. The molecule has 0 spiro atoms. The van der Waals surface area contributed by atoms with E-state index in [0.29, 0.717) is 40.5 Å². The van der Waals surface area contributed by atoms with Gasteiger partial charge in [-0.15, -0.1) is 0 Å². The van der Waals surface area contributed by atoms with Gasteiger partial charge in [0.15, 0.2) is 11.5 Å². The molecule has 0 aliphatic carbocycles. The van der Waals surface area contributed by atoms with Gasteiger partial charge in [-0.05, 0) is 42.9 Å². The summed E-state index contributed by atoms with van der Waals surface area (Å²) >= 11 is 12.1. The summed E-state index contributed by atoms with van der Waals surface area (Å²) in [4.78, 5) is 2.70. The van der Waals surface area contributed by atoms with E-state index in [-0.39, 0.29) is 0 Å². The van der Waals surface area contributed by atoms with E-state index in [0.717, 1.165) is 23.6 Å². The fraction of sp³-hybridized carbons (Fsp3) is 0.333. The molecule has 3 rings (SSSR count). The number of nitrogens with zero attached hydrogens (tertiary/aromatic N) is 1. The van der Waals surface area contributed by atoms with Crippen LogP contribution in [0, 0.1) is 0 Å². The zero-order valence-electron chi connectivity index (χ0n) is 13.8. The van der Waals surface area contributed by atoms with E-state index in [1.165, 1.54) is 0 Å². The molecule has 1 aliphatic heterocycles. The first-order valence-corrected chi connectivity index (χ1v) is 10.0. The van der Waals surface area contributed by atoms with Crippen LogP contribution in [-0.4, -0.2) is 41.7 Å².